The highest BCUT2D eigenvalue weighted by Gasteiger charge is 2.05. The van der Waals surface area contributed by atoms with Gasteiger partial charge in [-0.3, -0.25) is 4.79 Å². The van der Waals surface area contributed by atoms with E-state index in [9.17, 15) is 9.59 Å². The molecule has 6 heteroatoms. The minimum absolute atomic E-state index is 0.0501. The van der Waals surface area contributed by atoms with Crippen LogP contribution in [0.15, 0.2) is 24.3 Å². The Hall–Kier alpha value is -1.52. The number of carbonyl (C=O) groups is 2. The Labute approximate surface area is 127 Å². The lowest BCUT2D eigenvalue weighted by Gasteiger charge is -2.09. The van der Waals surface area contributed by atoms with Crippen LogP contribution in [0.25, 0.3) is 6.08 Å². The van der Waals surface area contributed by atoms with Gasteiger partial charge in [-0.1, -0.05) is 29.3 Å². The van der Waals surface area contributed by atoms with Crippen LogP contribution in [0.1, 0.15) is 12.0 Å². The fourth-order valence-electron chi connectivity index (χ4n) is 1.31. The Morgan fingerprint density at radius 1 is 1.30 bits per heavy atom. The quantitative estimate of drug-likeness (QED) is 0.620. The van der Waals surface area contributed by atoms with Gasteiger partial charge in [0.15, 0.2) is 0 Å². The van der Waals surface area contributed by atoms with Gasteiger partial charge in [0.25, 0.3) is 0 Å². The number of benzene rings is 1. The van der Waals surface area contributed by atoms with Crippen molar-refractivity contribution in [2.24, 2.45) is 0 Å². The maximum atomic E-state index is 11.4. The van der Waals surface area contributed by atoms with E-state index in [-0.39, 0.29) is 18.9 Å². The van der Waals surface area contributed by atoms with Gasteiger partial charge < -0.3 is 9.64 Å². The molecule has 0 aliphatic carbocycles. The first-order valence-corrected chi connectivity index (χ1v) is 6.66. The van der Waals surface area contributed by atoms with E-state index in [0.29, 0.717) is 15.6 Å². The molecule has 4 nitrogen and oxygen atoms in total. The van der Waals surface area contributed by atoms with Crippen molar-refractivity contribution in [2.45, 2.75) is 6.42 Å². The normalized spacial score (nSPS) is 10.6. The van der Waals surface area contributed by atoms with E-state index in [4.69, 9.17) is 27.9 Å². The number of rotatable bonds is 5. The Bertz CT molecular complexity index is 527. The molecule has 0 saturated carbocycles. The Morgan fingerprint density at radius 2 is 2.00 bits per heavy atom. The Morgan fingerprint density at radius 3 is 2.60 bits per heavy atom. The number of ether oxygens (including phenoxy) is 1. The van der Waals surface area contributed by atoms with Crippen LogP contribution in [0.3, 0.4) is 0 Å². The Kier molecular flexibility index (Phi) is 6.55. The zero-order valence-electron chi connectivity index (χ0n) is 11.2. The molecule has 20 heavy (non-hydrogen) atoms. The van der Waals surface area contributed by atoms with E-state index >= 15 is 0 Å². The average molecular weight is 316 g/mol. The van der Waals surface area contributed by atoms with Crippen molar-refractivity contribution in [3.63, 3.8) is 0 Å². The van der Waals surface area contributed by atoms with E-state index in [1.54, 1.807) is 32.3 Å². The van der Waals surface area contributed by atoms with Crippen LogP contribution >= 0.6 is 23.2 Å². The van der Waals surface area contributed by atoms with E-state index in [0.717, 1.165) is 0 Å². The van der Waals surface area contributed by atoms with Gasteiger partial charge >= 0.3 is 5.97 Å². The monoisotopic (exact) mass is 315 g/mol. The second-order valence-electron chi connectivity index (χ2n) is 4.20. The molecule has 0 N–H and O–H groups in total. The highest BCUT2D eigenvalue weighted by Crippen LogP contribution is 2.21. The number of esters is 1. The molecule has 0 aliphatic rings. The van der Waals surface area contributed by atoms with Crippen LogP contribution in [-0.2, 0) is 14.3 Å². The highest BCUT2D eigenvalue weighted by atomic mass is 35.5. The first-order valence-electron chi connectivity index (χ1n) is 5.90. The number of carbonyl (C=O) groups excluding carboxylic acids is 2. The first-order chi connectivity index (χ1) is 9.40. The number of amides is 1. The summed E-state index contributed by atoms with van der Waals surface area (Å²) in [5, 5.41) is 0.973. The molecule has 1 aromatic carbocycles. The number of hydrogen-bond donors (Lipinski definition) is 0. The van der Waals surface area contributed by atoms with E-state index in [1.807, 2.05) is 0 Å². The average Bonchev–Trinajstić information content (AvgIpc) is 2.37. The second kappa shape index (κ2) is 7.92. The van der Waals surface area contributed by atoms with E-state index < -0.39 is 5.97 Å². The zero-order valence-corrected chi connectivity index (χ0v) is 12.7. The third-order valence-electron chi connectivity index (χ3n) is 2.42. The summed E-state index contributed by atoms with van der Waals surface area (Å²) < 4.78 is 4.91. The molecule has 0 spiro atoms. The van der Waals surface area contributed by atoms with Gasteiger partial charge in [0, 0.05) is 30.2 Å². The summed E-state index contributed by atoms with van der Waals surface area (Å²) in [5.41, 5.74) is 0.664. The van der Waals surface area contributed by atoms with Crippen molar-refractivity contribution in [3.05, 3.63) is 39.9 Å². The molecule has 1 rings (SSSR count). The molecular weight excluding hydrogens is 301 g/mol. The number of hydrogen-bond acceptors (Lipinski definition) is 3. The third-order valence-corrected chi connectivity index (χ3v) is 2.98. The summed E-state index contributed by atoms with van der Waals surface area (Å²) in [7, 11) is 3.29. The van der Waals surface area contributed by atoms with Crippen molar-refractivity contribution >= 4 is 41.2 Å². The summed E-state index contributed by atoms with van der Waals surface area (Å²) in [6.07, 6.45) is 2.96. The van der Waals surface area contributed by atoms with Gasteiger partial charge in [-0.2, -0.15) is 0 Å². The minimum atomic E-state index is -0.525. The minimum Gasteiger partial charge on any atom is -0.462 e. The molecular formula is C14H15Cl2NO3. The van der Waals surface area contributed by atoms with Crippen LogP contribution in [0.4, 0.5) is 0 Å². The molecule has 0 aliphatic heterocycles. The standard InChI is InChI=1S/C14H15Cl2NO3/c1-17(2)13(18)7-8-20-14(19)6-4-10-3-5-11(15)9-12(10)16/h3-6,9H,7-8H2,1-2H3/b6-4-. The summed E-state index contributed by atoms with van der Waals surface area (Å²) in [6, 6.07) is 4.96. The molecule has 0 saturated heterocycles. The number of halogens is 2. The fraction of sp³-hybridized carbons (Fsp3) is 0.286. The molecule has 108 valence electrons. The molecule has 0 aromatic heterocycles. The summed E-state index contributed by atoms with van der Waals surface area (Å²) in [4.78, 5) is 24.2. The van der Waals surface area contributed by atoms with Gasteiger partial charge in [0.2, 0.25) is 5.91 Å². The van der Waals surface area contributed by atoms with Crippen LogP contribution in [-0.4, -0.2) is 37.5 Å². The first kappa shape index (κ1) is 16.5. The summed E-state index contributed by atoms with van der Waals surface area (Å²) in [6.45, 7) is 0.0501. The van der Waals surface area contributed by atoms with Crippen LogP contribution in [0.2, 0.25) is 10.0 Å². The van der Waals surface area contributed by atoms with Crippen LogP contribution < -0.4 is 0 Å². The van der Waals surface area contributed by atoms with Crippen molar-refractivity contribution in [3.8, 4) is 0 Å². The van der Waals surface area contributed by atoms with Crippen molar-refractivity contribution < 1.29 is 14.3 Å². The summed E-state index contributed by atoms with van der Waals surface area (Å²) >= 11 is 11.7. The Balaban J connectivity index is 2.46. The predicted molar refractivity (Wildman–Crippen MR) is 79.8 cm³/mol. The lowest BCUT2D eigenvalue weighted by atomic mass is 10.2. The second-order valence-corrected chi connectivity index (χ2v) is 5.05. The van der Waals surface area contributed by atoms with Crippen molar-refractivity contribution in [2.75, 3.05) is 20.7 Å². The van der Waals surface area contributed by atoms with Crippen LogP contribution in [0.5, 0.6) is 0 Å². The molecule has 0 bridgehead atoms. The third kappa shape index (κ3) is 5.63. The van der Waals surface area contributed by atoms with Gasteiger partial charge in [-0.25, -0.2) is 4.79 Å². The fourth-order valence-corrected chi connectivity index (χ4v) is 1.78. The highest BCUT2D eigenvalue weighted by molar-refractivity contribution is 6.35. The van der Waals surface area contributed by atoms with Gasteiger partial charge in [-0.05, 0) is 23.8 Å². The van der Waals surface area contributed by atoms with E-state index in [2.05, 4.69) is 0 Å². The van der Waals surface area contributed by atoms with Gasteiger partial charge in [-0.15, -0.1) is 0 Å². The zero-order chi connectivity index (χ0) is 15.1. The topological polar surface area (TPSA) is 46.6 Å². The maximum absolute atomic E-state index is 11.4. The lowest BCUT2D eigenvalue weighted by molar-refractivity contribution is -0.139. The molecule has 0 atom stereocenters. The predicted octanol–water partition coefficient (Wildman–Crippen LogP) is 3.03. The molecule has 1 aromatic rings. The van der Waals surface area contributed by atoms with Crippen molar-refractivity contribution in [1.82, 2.24) is 4.90 Å². The SMILES string of the molecule is CN(C)C(=O)CCOC(=O)/C=C\c1ccc(Cl)cc1Cl. The van der Waals surface area contributed by atoms with E-state index in [1.165, 1.54) is 17.1 Å². The van der Waals surface area contributed by atoms with Gasteiger partial charge in [0.1, 0.15) is 6.61 Å². The molecule has 0 fully saturated rings. The van der Waals surface area contributed by atoms with Gasteiger partial charge in [0.05, 0.1) is 6.42 Å². The summed E-state index contributed by atoms with van der Waals surface area (Å²) in [5.74, 6) is -0.620. The maximum Gasteiger partial charge on any atom is 0.330 e. The smallest absolute Gasteiger partial charge is 0.330 e. The molecule has 0 unspecified atom stereocenters. The molecule has 0 heterocycles. The lowest BCUT2D eigenvalue weighted by Crippen LogP contribution is -2.23. The van der Waals surface area contributed by atoms with Crippen molar-refractivity contribution in [1.29, 1.82) is 0 Å². The van der Waals surface area contributed by atoms with Crippen LogP contribution in [0, 0.1) is 0 Å². The number of nitrogens with zero attached hydrogens (tertiary/aromatic N) is 1. The molecule has 0 radical (unpaired) electrons. The molecule has 1 amide bonds. The largest absolute Gasteiger partial charge is 0.462 e.